The first-order chi connectivity index (χ1) is 12.2. The lowest BCUT2D eigenvalue weighted by Gasteiger charge is -2.34. The zero-order valence-electron chi connectivity index (χ0n) is 13.2. The van der Waals surface area contributed by atoms with Crippen molar-refractivity contribution in [3.63, 3.8) is 0 Å². The second kappa shape index (κ2) is 6.64. The molecule has 1 fully saturated rings. The Hall–Kier alpha value is -2.74. The Morgan fingerprint density at radius 3 is 2.84 bits per heavy atom. The number of H-pyrrole nitrogens is 1. The standard InChI is InChI=1S/C17H16F2N4O2/c18-17(19)25-12-3-1-11(2-4-12)14-9-23(7-8-24-14)16-15-13(5-6-20-16)21-10-22-15/h1-6,10,14,17H,7-9H2,(H,21,22). The largest absolute Gasteiger partial charge is 0.435 e. The third kappa shape index (κ3) is 3.25. The number of nitrogens with one attached hydrogen (secondary N) is 1. The summed E-state index contributed by atoms with van der Waals surface area (Å²) < 4.78 is 34.7. The summed E-state index contributed by atoms with van der Waals surface area (Å²) in [6.07, 6.45) is 3.22. The van der Waals surface area contributed by atoms with Crippen LogP contribution in [0.1, 0.15) is 11.7 Å². The highest BCUT2D eigenvalue weighted by atomic mass is 19.3. The molecule has 6 nitrogen and oxygen atoms in total. The number of ether oxygens (including phenoxy) is 2. The van der Waals surface area contributed by atoms with E-state index in [1.807, 2.05) is 6.07 Å². The van der Waals surface area contributed by atoms with E-state index in [9.17, 15) is 8.78 Å². The number of anilines is 1. The van der Waals surface area contributed by atoms with E-state index >= 15 is 0 Å². The van der Waals surface area contributed by atoms with Crippen LogP contribution in [0.2, 0.25) is 0 Å². The second-order valence-corrected chi connectivity index (χ2v) is 5.69. The van der Waals surface area contributed by atoms with Crippen LogP contribution in [0.15, 0.2) is 42.9 Å². The van der Waals surface area contributed by atoms with Gasteiger partial charge in [0.2, 0.25) is 0 Å². The lowest BCUT2D eigenvalue weighted by molar-refractivity contribution is -0.0498. The molecule has 3 heterocycles. The van der Waals surface area contributed by atoms with E-state index in [1.54, 1.807) is 24.7 Å². The van der Waals surface area contributed by atoms with Crippen molar-refractivity contribution < 1.29 is 18.3 Å². The minimum Gasteiger partial charge on any atom is -0.435 e. The molecule has 4 rings (SSSR count). The first-order valence-electron chi connectivity index (χ1n) is 7.90. The number of morpholine rings is 1. The van der Waals surface area contributed by atoms with Crippen LogP contribution in [0, 0.1) is 0 Å². The van der Waals surface area contributed by atoms with Gasteiger partial charge >= 0.3 is 6.61 Å². The van der Waals surface area contributed by atoms with Crippen molar-refractivity contribution in [1.82, 2.24) is 15.0 Å². The summed E-state index contributed by atoms with van der Waals surface area (Å²) in [5.74, 6) is 0.944. The fourth-order valence-electron chi connectivity index (χ4n) is 2.99. The monoisotopic (exact) mass is 346 g/mol. The number of nitrogens with zero attached hydrogens (tertiary/aromatic N) is 3. The topological polar surface area (TPSA) is 63.3 Å². The Labute approximate surface area is 142 Å². The maximum atomic E-state index is 12.2. The first-order valence-corrected chi connectivity index (χ1v) is 7.90. The van der Waals surface area contributed by atoms with Gasteiger partial charge in [-0.25, -0.2) is 9.97 Å². The number of imidazole rings is 1. The van der Waals surface area contributed by atoms with Crippen molar-refractivity contribution >= 4 is 16.9 Å². The summed E-state index contributed by atoms with van der Waals surface area (Å²) in [4.78, 5) is 14.0. The first kappa shape index (κ1) is 15.8. The van der Waals surface area contributed by atoms with Crippen LogP contribution in [0.4, 0.5) is 14.6 Å². The van der Waals surface area contributed by atoms with Crippen molar-refractivity contribution in [2.24, 2.45) is 0 Å². The summed E-state index contributed by atoms with van der Waals surface area (Å²) in [5.41, 5.74) is 2.66. The van der Waals surface area contributed by atoms with Gasteiger partial charge in [0.15, 0.2) is 5.82 Å². The Morgan fingerprint density at radius 1 is 1.20 bits per heavy atom. The molecule has 8 heteroatoms. The number of alkyl halides is 2. The van der Waals surface area contributed by atoms with Gasteiger partial charge in [-0.3, -0.25) is 0 Å². The molecule has 130 valence electrons. The van der Waals surface area contributed by atoms with E-state index in [4.69, 9.17) is 4.74 Å². The van der Waals surface area contributed by atoms with Crippen molar-refractivity contribution in [3.8, 4) is 5.75 Å². The van der Waals surface area contributed by atoms with Gasteiger partial charge in [0, 0.05) is 19.3 Å². The Bertz CT molecular complexity index is 853. The van der Waals surface area contributed by atoms with Crippen molar-refractivity contribution in [2.45, 2.75) is 12.7 Å². The molecule has 0 amide bonds. The van der Waals surface area contributed by atoms with E-state index in [1.165, 1.54) is 12.1 Å². The Kier molecular flexibility index (Phi) is 4.19. The minimum atomic E-state index is -2.83. The van der Waals surface area contributed by atoms with Crippen LogP contribution in [0.3, 0.4) is 0 Å². The van der Waals surface area contributed by atoms with Crippen molar-refractivity contribution in [3.05, 3.63) is 48.4 Å². The number of hydrogen-bond acceptors (Lipinski definition) is 5. The molecule has 0 bridgehead atoms. The zero-order valence-corrected chi connectivity index (χ0v) is 13.2. The third-order valence-corrected chi connectivity index (χ3v) is 4.16. The summed E-state index contributed by atoms with van der Waals surface area (Å²) in [5, 5.41) is 0. The van der Waals surface area contributed by atoms with E-state index < -0.39 is 6.61 Å². The van der Waals surface area contributed by atoms with Crippen LogP contribution < -0.4 is 9.64 Å². The van der Waals surface area contributed by atoms with Gasteiger partial charge in [-0.2, -0.15) is 8.78 Å². The average Bonchev–Trinajstić information content (AvgIpc) is 3.11. The molecule has 1 N–H and O–H groups in total. The summed E-state index contributed by atoms with van der Waals surface area (Å²) in [6, 6.07) is 8.42. The number of hydrogen-bond donors (Lipinski definition) is 1. The van der Waals surface area contributed by atoms with Gasteiger partial charge in [0.05, 0.1) is 18.5 Å². The smallest absolute Gasteiger partial charge is 0.387 e. The van der Waals surface area contributed by atoms with Crippen LogP contribution in [0.5, 0.6) is 5.75 Å². The van der Waals surface area contributed by atoms with E-state index in [2.05, 4.69) is 24.6 Å². The normalized spacial score (nSPS) is 18.0. The molecule has 1 saturated heterocycles. The fourth-order valence-corrected chi connectivity index (χ4v) is 2.99. The molecular formula is C17H16F2N4O2. The predicted molar refractivity (Wildman–Crippen MR) is 87.9 cm³/mol. The number of fused-ring (bicyclic) bond motifs is 1. The van der Waals surface area contributed by atoms with Crippen molar-refractivity contribution in [1.29, 1.82) is 0 Å². The number of pyridine rings is 1. The fraction of sp³-hybridized carbons (Fsp3) is 0.294. The zero-order chi connectivity index (χ0) is 17.2. The molecule has 1 aliphatic heterocycles. The molecule has 25 heavy (non-hydrogen) atoms. The number of rotatable bonds is 4. The maximum Gasteiger partial charge on any atom is 0.387 e. The highest BCUT2D eigenvalue weighted by Gasteiger charge is 2.24. The molecular weight excluding hydrogens is 330 g/mol. The number of benzene rings is 1. The van der Waals surface area contributed by atoms with Gasteiger partial charge in [-0.1, -0.05) is 12.1 Å². The van der Waals surface area contributed by atoms with Crippen LogP contribution in [-0.4, -0.2) is 41.3 Å². The van der Waals surface area contributed by atoms with Gasteiger partial charge < -0.3 is 19.4 Å². The molecule has 1 unspecified atom stereocenters. The third-order valence-electron chi connectivity index (χ3n) is 4.16. The van der Waals surface area contributed by atoms with Gasteiger partial charge in [-0.05, 0) is 23.8 Å². The molecule has 0 saturated carbocycles. The molecule has 0 spiro atoms. The SMILES string of the molecule is FC(F)Oc1ccc(C2CN(c3nccc4[nH]cnc34)CCO2)cc1. The number of aromatic amines is 1. The number of aromatic nitrogens is 3. The van der Waals surface area contributed by atoms with Crippen LogP contribution in [-0.2, 0) is 4.74 Å². The molecule has 1 aliphatic rings. The predicted octanol–water partition coefficient (Wildman–Crippen LogP) is 3.14. The quantitative estimate of drug-likeness (QED) is 0.786. The number of halogens is 2. The molecule has 1 aromatic carbocycles. The lowest BCUT2D eigenvalue weighted by atomic mass is 10.1. The van der Waals surface area contributed by atoms with Crippen LogP contribution in [0.25, 0.3) is 11.0 Å². The maximum absolute atomic E-state index is 12.2. The highest BCUT2D eigenvalue weighted by molar-refractivity contribution is 5.85. The van der Waals surface area contributed by atoms with Gasteiger partial charge in [0.1, 0.15) is 17.4 Å². The van der Waals surface area contributed by atoms with E-state index in [0.717, 1.165) is 22.4 Å². The molecule has 0 aliphatic carbocycles. The molecule has 1 atom stereocenters. The second-order valence-electron chi connectivity index (χ2n) is 5.69. The van der Waals surface area contributed by atoms with E-state index in [0.29, 0.717) is 19.7 Å². The average molecular weight is 346 g/mol. The van der Waals surface area contributed by atoms with Gasteiger partial charge in [-0.15, -0.1) is 0 Å². The van der Waals surface area contributed by atoms with Gasteiger partial charge in [0.25, 0.3) is 0 Å². The highest BCUT2D eigenvalue weighted by Crippen LogP contribution is 2.29. The van der Waals surface area contributed by atoms with Crippen LogP contribution >= 0.6 is 0 Å². The summed E-state index contributed by atoms with van der Waals surface area (Å²) in [7, 11) is 0. The lowest BCUT2D eigenvalue weighted by Crippen LogP contribution is -2.39. The van der Waals surface area contributed by atoms with Crippen molar-refractivity contribution in [2.75, 3.05) is 24.6 Å². The minimum absolute atomic E-state index is 0.134. The van der Waals surface area contributed by atoms with E-state index in [-0.39, 0.29) is 11.9 Å². The Morgan fingerprint density at radius 2 is 2.04 bits per heavy atom. The summed E-state index contributed by atoms with van der Waals surface area (Å²) in [6.45, 7) is -0.967. The summed E-state index contributed by atoms with van der Waals surface area (Å²) >= 11 is 0. The molecule has 2 aromatic heterocycles. The molecule has 0 radical (unpaired) electrons. The Balaban J connectivity index is 1.54. The molecule has 3 aromatic rings.